The van der Waals surface area contributed by atoms with E-state index in [1.165, 1.54) is 17.2 Å². The van der Waals surface area contributed by atoms with Gasteiger partial charge in [0.2, 0.25) is 0 Å². The normalized spacial score (nSPS) is 17.4. The molecule has 0 saturated carbocycles. The summed E-state index contributed by atoms with van der Waals surface area (Å²) in [6.45, 7) is 4.19. The van der Waals surface area contributed by atoms with Gasteiger partial charge in [0.15, 0.2) is 0 Å². The number of hydrogen-bond acceptors (Lipinski definition) is 2. The molecule has 1 nitrogen and oxygen atoms in total. The van der Waals surface area contributed by atoms with Gasteiger partial charge in [0.25, 0.3) is 0 Å². The van der Waals surface area contributed by atoms with Gasteiger partial charge < -0.3 is 4.74 Å². The highest BCUT2D eigenvalue weighted by Gasteiger charge is 2.32. The van der Waals surface area contributed by atoms with Crippen molar-refractivity contribution in [3.05, 3.63) is 59.2 Å². The van der Waals surface area contributed by atoms with Gasteiger partial charge in [-0.15, -0.1) is 24.9 Å². The van der Waals surface area contributed by atoms with Gasteiger partial charge in [-0.05, 0) is 40.8 Å². The number of rotatable bonds is 2. The first kappa shape index (κ1) is 16.2. The third kappa shape index (κ3) is 3.50. The van der Waals surface area contributed by atoms with Gasteiger partial charge in [0.1, 0.15) is 5.75 Å². The van der Waals surface area contributed by atoms with Gasteiger partial charge >= 0.3 is 6.36 Å². The number of halogens is 3. The van der Waals surface area contributed by atoms with Crippen molar-refractivity contribution in [1.82, 2.24) is 0 Å². The Hall–Kier alpha value is -1.62. The summed E-state index contributed by atoms with van der Waals surface area (Å²) < 4.78 is 41.7. The number of fused-ring (bicyclic) bond motifs is 2. The van der Waals surface area contributed by atoms with Gasteiger partial charge in [0.05, 0.1) is 0 Å². The largest absolute Gasteiger partial charge is 0.573 e. The maximum absolute atomic E-state index is 12.5. The molecule has 0 fully saturated rings. The molecule has 0 bridgehead atoms. The van der Waals surface area contributed by atoms with E-state index < -0.39 is 6.36 Å². The molecule has 0 aromatic heterocycles. The van der Waals surface area contributed by atoms with E-state index >= 15 is 0 Å². The van der Waals surface area contributed by atoms with Crippen molar-refractivity contribution in [2.75, 3.05) is 0 Å². The lowest BCUT2D eigenvalue weighted by Crippen LogP contribution is -2.17. The predicted molar refractivity (Wildman–Crippen MR) is 85.8 cm³/mol. The zero-order valence-electron chi connectivity index (χ0n) is 12.9. The third-order valence-corrected chi connectivity index (χ3v) is 5.13. The molecule has 5 heteroatoms. The van der Waals surface area contributed by atoms with Gasteiger partial charge in [-0.3, -0.25) is 0 Å². The molecule has 0 saturated heterocycles. The first-order valence-electron chi connectivity index (χ1n) is 7.45. The second-order valence-corrected chi connectivity index (χ2v) is 6.97. The standard InChI is InChI=1S/C18H17F3OS/c1-11(2)17-14-6-4-3-5-12(14)10-23-16-8-7-13(9-15(16)17)22-18(19,20)21/h3-9,11,17H,10H2,1-2H3. The Morgan fingerprint density at radius 1 is 1.09 bits per heavy atom. The summed E-state index contributed by atoms with van der Waals surface area (Å²) in [5, 5.41) is 0. The van der Waals surface area contributed by atoms with Crippen LogP contribution in [0.2, 0.25) is 0 Å². The molecule has 0 radical (unpaired) electrons. The minimum Gasteiger partial charge on any atom is -0.406 e. The van der Waals surface area contributed by atoms with E-state index in [1.54, 1.807) is 23.9 Å². The van der Waals surface area contributed by atoms with Crippen molar-refractivity contribution in [2.45, 2.75) is 36.8 Å². The van der Waals surface area contributed by atoms with Crippen LogP contribution in [0, 0.1) is 5.92 Å². The molecule has 3 rings (SSSR count). The van der Waals surface area contributed by atoms with Crippen molar-refractivity contribution in [3.63, 3.8) is 0 Å². The highest BCUT2D eigenvalue weighted by atomic mass is 32.2. The number of ether oxygens (including phenoxy) is 1. The minimum absolute atomic E-state index is 0.0629. The smallest absolute Gasteiger partial charge is 0.406 e. The van der Waals surface area contributed by atoms with Crippen LogP contribution < -0.4 is 4.74 Å². The molecule has 0 N–H and O–H groups in total. The van der Waals surface area contributed by atoms with Crippen LogP contribution in [-0.4, -0.2) is 6.36 Å². The van der Waals surface area contributed by atoms with Crippen LogP contribution in [0.1, 0.15) is 36.5 Å². The number of thioether (sulfide) groups is 1. The fraction of sp³-hybridized carbons (Fsp3) is 0.333. The van der Waals surface area contributed by atoms with Gasteiger partial charge in [-0.2, -0.15) is 0 Å². The molecular weight excluding hydrogens is 321 g/mol. The predicted octanol–water partition coefficient (Wildman–Crippen LogP) is 5.98. The van der Waals surface area contributed by atoms with Crippen LogP contribution >= 0.6 is 11.8 Å². The molecule has 1 aliphatic heterocycles. The average Bonchev–Trinajstić information content (AvgIpc) is 2.61. The molecule has 122 valence electrons. The number of alkyl halides is 3. The fourth-order valence-corrected chi connectivity index (χ4v) is 4.20. The molecule has 1 heterocycles. The molecule has 0 amide bonds. The Morgan fingerprint density at radius 2 is 1.83 bits per heavy atom. The fourth-order valence-electron chi connectivity index (χ4n) is 3.11. The summed E-state index contributed by atoms with van der Waals surface area (Å²) in [6.07, 6.45) is -4.67. The molecular formula is C18H17F3OS. The second kappa shape index (κ2) is 6.11. The average molecular weight is 338 g/mol. The highest BCUT2D eigenvalue weighted by molar-refractivity contribution is 7.98. The Morgan fingerprint density at radius 3 is 2.52 bits per heavy atom. The van der Waals surface area contributed by atoms with Gasteiger partial charge in [-0.25, -0.2) is 0 Å². The lowest BCUT2D eigenvalue weighted by Gasteiger charge is -2.24. The first-order valence-corrected chi connectivity index (χ1v) is 8.44. The Labute approximate surface area is 137 Å². The summed E-state index contributed by atoms with van der Waals surface area (Å²) >= 11 is 1.66. The Balaban J connectivity index is 2.10. The van der Waals surface area contributed by atoms with Crippen LogP contribution in [0.3, 0.4) is 0 Å². The molecule has 2 aromatic carbocycles. The lowest BCUT2D eigenvalue weighted by molar-refractivity contribution is -0.274. The van der Waals surface area contributed by atoms with Crippen LogP contribution in [0.15, 0.2) is 47.4 Å². The topological polar surface area (TPSA) is 9.23 Å². The molecule has 2 aromatic rings. The number of hydrogen-bond donors (Lipinski definition) is 0. The molecule has 0 aliphatic carbocycles. The van der Waals surface area contributed by atoms with E-state index in [1.807, 2.05) is 12.1 Å². The van der Waals surface area contributed by atoms with Crippen molar-refractivity contribution < 1.29 is 17.9 Å². The molecule has 1 unspecified atom stereocenters. The zero-order valence-corrected chi connectivity index (χ0v) is 13.7. The summed E-state index contributed by atoms with van der Waals surface area (Å²) in [5.74, 6) is 1.01. The van der Waals surface area contributed by atoms with Crippen molar-refractivity contribution in [2.24, 2.45) is 5.92 Å². The monoisotopic (exact) mass is 338 g/mol. The van der Waals surface area contributed by atoms with Crippen molar-refractivity contribution >= 4 is 11.8 Å². The van der Waals surface area contributed by atoms with Gasteiger partial charge in [0, 0.05) is 16.6 Å². The van der Waals surface area contributed by atoms with E-state index in [2.05, 4.69) is 30.7 Å². The SMILES string of the molecule is CC(C)C1c2ccccc2CSc2ccc(OC(F)(F)F)cc21. The van der Waals surface area contributed by atoms with Crippen molar-refractivity contribution in [1.29, 1.82) is 0 Å². The quantitative estimate of drug-likeness (QED) is 0.666. The maximum atomic E-state index is 12.5. The Bertz CT molecular complexity index is 710. The first-order chi connectivity index (χ1) is 10.8. The van der Waals surface area contributed by atoms with Crippen molar-refractivity contribution in [3.8, 4) is 5.75 Å². The molecule has 23 heavy (non-hydrogen) atoms. The van der Waals surface area contributed by atoms with Crippen LogP contribution in [0.25, 0.3) is 0 Å². The van der Waals surface area contributed by atoms with E-state index in [0.29, 0.717) is 0 Å². The van der Waals surface area contributed by atoms with E-state index in [9.17, 15) is 13.2 Å². The van der Waals surface area contributed by atoms with E-state index in [-0.39, 0.29) is 17.6 Å². The van der Waals surface area contributed by atoms with Crippen LogP contribution in [-0.2, 0) is 5.75 Å². The Kier molecular flexibility index (Phi) is 4.32. The van der Waals surface area contributed by atoms with E-state index in [4.69, 9.17) is 0 Å². The third-order valence-electron chi connectivity index (χ3n) is 3.99. The summed E-state index contributed by atoms with van der Waals surface area (Å²) in [5.41, 5.74) is 3.35. The van der Waals surface area contributed by atoms with Crippen LogP contribution in [0.4, 0.5) is 13.2 Å². The lowest BCUT2D eigenvalue weighted by atomic mass is 9.81. The summed E-state index contributed by atoms with van der Waals surface area (Å²) in [7, 11) is 0. The maximum Gasteiger partial charge on any atom is 0.573 e. The van der Waals surface area contributed by atoms with Crippen LogP contribution in [0.5, 0.6) is 5.75 Å². The summed E-state index contributed by atoms with van der Waals surface area (Å²) in [4.78, 5) is 1.02. The van der Waals surface area contributed by atoms with Gasteiger partial charge in [-0.1, -0.05) is 38.1 Å². The summed E-state index contributed by atoms with van der Waals surface area (Å²) in [6, 6.07) is 12.8. The number of benzene rings is 2. The van der Waals surface area contributed by atoms with E-state index in [0.717, 1.165) is 16.2 Å². The minimum atomic E-state index is -4.67. The molecule has 1 atom stereocenters. The zero-order chi connectivity index (χ0) is 16.6. The highest BCUT2D eigenvalue weighted by Crippen LogP contribution is 2.45. The molecule has 0 spiro atoms. The second-order valence-electron chi connectivity index (χ2n) is 5.96. The molecule has 1 aliphatic rings.